The zero-order valence-corrected chi connectivity index (χ0v) is 16.1. The second kappa shape index (κ2) is 8.43. The van der Waals surface area contributed by atoms with Gasteiger partial charge in [0.25, 0.3) is 0 Å². The van der Waals surface area contributed by atoms with Gasteiger partial charge in [-0.1, -0.05) is 0 Å². The van der Waals surface area contributed by atoms with Gasteiger partial charge in [0.05, 0.1) is 17.1 Å². The first-order valence-electron chi connectivity index (χ1n) is 7.03. The number of sulfonamides is 1. The van der Waals surface area contributed by atoms with Gasteiger partial charge in [-0.25, -0.2) is 13.2 Å². The molecule has 0 saturated carbocycles. The lowest BCUT2D eigenvalue weighted by atomic mass is 10.2. The van der Waals surface area contributed by atoms with Crippen molar-refractivity contribution in [2.24, 2.45) is 0 Å². The molecule has 2 rings (SSSR count). The van der Waals surface area contributed by atoms with Gasteiger partial charge in [-0.15, -0.1) is 12.4 Å². The van der Waals surface area contributed by atoms with Crippen molar-refractivity contribution in [3.63, 3.8) is 0 Å². The number of likely N-dealkylation sites (N-methyl/N-ethyl adjacent to an activating group) is 1. The van der Waals surface area contributed by atoms with E-state index in [9.17, 15) is 13.2 Å². The Bertz CT molecular complexity index is 663. The van der Waals surface area contributed by atoms with Crippen LogP contribution in [0.25, 0.3) is 0 Å². The van der Waals surface area contributed by atoms with E-state index < -0.39 is 16.0 Å². The van der Waals surface area contributed by atoms with Gasteiger partial charge in [0.15, 0.2) is 0 Å². The minimum atomic E-state index is -3.61. The Kier molecular flexibility index (Phi) is 7.47. The molecule has 23 heavy (non-hydrogen) atoms. The summed E-state index contributed by atoms with van der Waals surface area (Å²) in [6.07, 6.45) is 0.786. The predicted octanol–water partition coefficient (Wildman–Crippen LogP) is 2.03. The molecule has 0 spiro atoms. The number of hydrogen-bond donors (Lipinski definition) is 1. The van der Waals surface area contributed by atoms with Crippen LogP contribution in [0.2, 0.25) is 0 Å². The highest BCUT2D eigenvalue weighted by atomic mass is 79.9. The van der Waals surface area contributed by atoms with E-state index in [2.05, 4.69) is 21.2 Å². The standard InChI is InChI=1S/C14H19BrN2O4S.ClH/c1-3-21-14(18)10-4-5-13(12(15)8-10)22(19,20)17(2)11-6-7-16-9-11;/h4-5,8,11,16H,3,6-7,9H2,1-2H3;1H. The van der Waals surface area contributed by atoms with E-state index in [1.165, 1.54) is 22.5 Å². The van der Waals surface area contributed by atoms with Gasteiger partial charge in [0.1, 0.15) is 0 Å². The topological polar surface area (TPSA) is 75.7 Å². The zero-order valence-electron chi connectivity index (χ0n) is 12.9. The fraction of sp³-hybridized carbons (Fsp3) is 0.500. The summed E-state index contributed by atoms with van der Waals surface area (Å²) in [7, 11) is -2.03. The van der Waals surface area contributed by atoms with Crippen LogP contribution in [-0.4, -0.2) is 51.5 Å². The van der Waals surface area contributed by atoms with Gasteiger partial charge in [0.2, 0.25) is 10.0 Å². The van der Waals surface area contributed by atoms with Crippen LogP contribution in [0.15, 0.2) is 27.6 Å². The lowest BCUT2D eigenvalue weighted by Gasteiger charge is -2.23. The smallest absolute Gasteiger partial charge is 0.338 e. The summed E-state index contributed by atoms with van der Waals surface area (Å²) >= 11 is 3.25. The van der Waals surface area contributed by atoms with E-state index in [1.807, 2.05) is 0 Å². The third-order valence-electron chi connectivity index (χ3n) is 3.65. The highest BCUT2D eigenvalue weighted by Crippen LogP contribution is 2.27. The van der Waals surface area contributed by atoms with E-state index in [0.29, 0.717) is 16.6 Å². The van der Waals surface area contributed by atoms with E-state index in [4.69, 9.17) is 4.74 Å². The fourth-order valence-electron chi connectivity index (χ4n) is 2.35. The normalized spacial score (nSPS) is 17.8. The summed E-state index contributed by atoms with van der Waals surface area (Å²) in [5, 5.41) is 3.15. The minimum absolute atomic E-state index is 0. The molecule has 0 amide bonds. The first-order valence-corrected chi connectivity index (χ1v) is 9.26. The van der Waals surface area contributed by atoms with Gasteiger partial charge in [-0.3, -0.25) is 0 Å². The van der Waals surface area contributed by atoms with Crippen molar-refractivity contribution in [2.45, 2.75) is 24.3 Å². The molecule has 0 radical (unpaired) electrons. The summed E-state index contributed by atoms with van der Waals surface area (Å²) in [5.74, 6) is -0.472. The second-order valence-electron chi connectivity index (χ2n) is 5.03. The monoisotopic (exact) mass is 426 g/mol. The number of hydrogen-bond acceptors (Lipinski definition) is 5. The van der Waals surface area contributed by atoms with Crippen LogP contribution in [0.3, 0.4) is 0 Å². The van der Waals surface area contributed by atoms with Gasteiger partial charge in [-0.2, -0.15) is 4.31 Å². The molecular weight excluding hydrogens is 408 g/mol. The largest absolute Gasteiger partial charge is 0.462 e. The number of benzene rings is 1. The highest BCUT2D eigenvalue weighted by molar-refractivity contribution is 9.10. The van der Waals surface area contributed by atoms with E-state index in [-0.39, 0.29) is 30.0 Å². The zero-order chi connectivity index (χ0) is 16.3. The maximum atomic E-state index is 12.7. The van der Waals surface area contributed by atoms with Crippen LogP contribution < -0.4 is 5.32 Å². The first kappa shape index (κ1) is 20.4. The Hall–Kier alpha value is -0.670. The average Bonchev–Trinajstić information content (AvgIpc) is 3.00. The van der Waals surface area contributed by atoms with Crippen LogP contribution in [0.5, 0.6) is 0 Å². The molecule has 1 N–H and O–H groups in total. The quantitative estimate of drug-likeness (QED) is 0.728. The summed E-state index contributed by atoms with van der Waals surface area (Å²) in [6.45, 7) is 3.45. The maximum absolute atomic E-state index is 12.7. The van der Waals surface area contributed by atoms with Crippen molar-refractivity contribution in [3.8, 4) is 0 Å². The summed E-state index contributed by atoms with van der Waals surface area (Å²) in [4.78, 5) is 11.8. The third-order valence-corrected chi connectivity index (χ3v) is 6.54. The Labute approximate surface area is 151 Å². The van der Waals surface area contributed by atoms with Crippen molar-refractivity contribution >= 4 is 44.3 Å². The number of halogens is 2. The molecule has 1 fully saturated rings. The van der Waals surface area contributed by atoms with Crippen molar-refractivity contribution in [2.75, 3.05) is 26.7 Å². The summed E-state index contributed by atoms with van der Waals surface area (Å²) in [5.41, 5.74) is 0.317. The second-order valence-corrected chi connectivity index (χ2v) is 7.85. The van der Waals surface area contributed by atoms with Gasteiger partial charge < -0.3 is 10.1 Å². The summed E-state index contributed by atoms with van der Waals surface area (Å²) in [6, 6.07) is 4.33. The Morgan fingerprint density at radius 3 is 2.70 bits per heavy atom. The SMILES string of the molecule is CCOC(=O)c1ccc(S(=O)(=O)N(C)C2CCNC2)c(Br)c1.Cl. The molecule has 1 aliphatic heterocycles. The predicted molar refractivity (Wildman–Crippen MR) is 93.6 cm³/mol. The number of ether oxygens (including phenoxy) is 1. The number of carbonyl (C=O) groups excluding carboxylic acids is 1. The van der Waals surface area contributed by atoms with Gasteiger partial charge in [-0.05, 0) is 54.0 Å². The van der Waals surface area contributed by atoms with Crippen molar-refractivity contribution in [1.82, 2.24) is 9.62 Å². The van der Waals surface area contributed by atoms with E-state index in [1.54, 1.807) is 14.0 Å². The molecule has 1 unspecified atom stereocenters. The molecule has 1 atom stereocenters. The Balaban J connectivity index is 0.00000264. The molecule has 0 aliphatic carbocycles. The molecule has 1 aromatic carbocycles. The lowest BCUT2D eigenvalue weighted by molar-refractivity contribution is 0.0526. The molecule has 0 aromatic heterocycles. The summed E-state index contributed by atoms with van der Waals surface area (Å²) < 4.78 is 32.1. The molecule has 1 aliphatic rings. The highest BCUT2D eigenvalue weighted by Gasteiger charge is 2.31. The molecule has 1 heterocycles. The molecule has 130 valence electrons. The van der Waals surface area contributed by atoms with Crippen molar-refractivity contribution < 1.29 is 17.9 Å². The van der Waals surface area contributed by atoms with E-state index in [0.717, 1.165) is 13.0 Å². The van der Waals surface area contributed by atoms with Crippen molar-refractivity contribution in [1.29, 1.82) is 0 Å². The van der Waals surface area contributed by atoms with E-state index >= 15 is 0 Å². The molecule has 1 saturated heterocycles. The fourth-order valence-corrected chi connectivity index (χ4v) is 4.77. The van der Waals surface area contributed by atoms with Crippen LogP contribution in [-0.2, 0) is 14.8 Å². The first-order chi connectivity index (χ1) is 10.4. The molecule has 0 bridgehead atoms. The van der Waals surface area contributed by atoms with Crippen LogP contribution >= 0.6 is 28.3 Å². The van der Waals surface area contributed by atoms with Crippen LogP contribution in [0.4, 0.5) is 0 Å². The average molecular weight is 428 g/mol. The van der Waals surface area contributed by atoms with Gasteiger partial charge in [0, 0.05) is 24.1 Å². The molecular formula is C14H20BrClN2O4S. The number of nitrogens with zero attached hydrogens (tertiary/aromatic N) is 1. The number of esters is 1. The van der Waals surface area contributed by atoms with Crippen molar-refractivity contribution in [3.05, 3.63) is 28.2 Å². The molecule has 1 aromatic rings. The number of carbonyl (C=O) groups is 1. The molecule has 9 heteroatoms. The van der Waals surface area contributed by atoms with Crippen LogP contribution in [0.1, 0.15) is 23.7 Å². The molecule has 6 nitrogen and oxygen atoms in total. The number of rotatable bonds is 5. The Morgan fingerprint density at radius 2 is 2.17 bits per heavy atom. The maximum Gasteiger partial charge on any atom is 0.338 e. The number of nitrogens with one attached hydrogen (secondary N) is 1. The third kappa shape index (κ3) is 4.45. The van der Waals surface area contributed by atoms with Gasteiger partial charge >= 0.3 is 5.97 Å². The van der Waals surface area contributed by atoms with Crippen LogP contribution in [0, 0.1) is 0 Å². The minimum Gasteiger partial charge on any atom is -0.462 e. The Morgan fingerprint density at radius 1 is 1.48 bits per heavy atom. The lowest BCUT2D eigenvalue weighted by Crippen LogP contribution is -2.38.